The summed E-state index contributed by atoms with van der Waals surface area (Å²) in [5, 5.41) is 0. The monoisotopic (exact) mass is 294 g/mol. The summed E-state index contributed by atoms with van der Waals surface area (Å²) in [5.74, 6) is -0.488. The second kappa shape index (κ2) is 5.14. The van der Waals surface area contributed by atoms with E-state index in [0.717, 1.165) is 5.56 Å². The molecule has 0 spiro atoms. The van der Waals surface area contributed by atoms with Crippen molar-refractivity contribution in [3.63, 3.8) is 0 Å². The molecule has 0 unspecified atom stereocenters. The number of halogens is 2. The molecule has 0 saturated heterocycles. The van der Waals surface area contributed by atoms with E-state index in [9.17, 15) is 9.18 Å². The lowest BCUT2D eigenvalue weighted by atomic mass is 10.1. The van der Waals surface area contributed by atoms with Crippen LogP contribution in [0.2, 0.25) is 0 Å². The Bertz CT molecular complexity index is 545. The number of benzene rings is 1. The van der Waals surface area contributed by atoms with Crippen LogP contribution in [0.5, 0.6) is 0 Å². The minimum atomic E-state index is -0.340. The summed E-state index contributed by atoms with van der Waals surface area (Å²) in [6.07, 6.45) is 4.55. The molecule has 1 heterocycles. The molecule has 0 bridgehead atoms. The predicted molar refractivity (Wildman–Crippen MR) is 64.2 cm³/mol. The zero-order chi connectivity index (χ0) is 12.3. The van der Waals surface area contributed by atoms with Crippen LogP contribution in [0, 0.1) is 5.82 Å². The van der Waals surface area contributed by atoms with Crippen LogP contribution in [-0.2, 0) is 6.42 Å². The van der Waals surface area contributed by atoms with Gasteiger partial charge in [-0.3, -0.25) is 9.78 Å². The topological polar surface area (TPSA) is 42.9 Å². The van der Waals surface area contributed by atoms with Gasteiger partial charge in [0.1, 0.15) is 11.5 Å². The second-order valence-electron chi connectivity index (χ2n) is 3.43. The molecule has 2 rings (SSSR count). The van der Waals surface area contributed by atoms with Crippen LogP contribution in [0.1, 0.15) is 16.1 Å². The van der Waals surface area contributed by atoms with Crippen molar-refractivity contribution in [3.05, 3.63) is 58.3 Å². The summed E-state index contributed by atoms with van der Waals surface area (Å²) in [6.45, 7) is 0. The first kappa shape index (κ1) is 11.9. The van der Waals surface area contributed by atoms with Gasteiger partial charge in [0.2, 0.25) is 0 Å². The number of ketones is 1. The minimum Gasteiger partial charge on any atom is -0.292 e. The molecule has 0 aliphatic heterocycles. The van der Waals surface area contributed by atoms with Crippen molar-refractivity contribution in [2.45, 2.75) is 6.42 Å². The van der Waals surface area contributed by atoms with Crippen molar-refractivity contribution in [1.82, 2.24) is 9.97 Å². The smallest absolute Gasteiger partial charge is 0.187 e. The van der Waals surface area contributed by atoms with Gasteiger partial charge in [-0.1, -0.05) is 22.0 Å². The van der Waals surface area contributed by atoms with Gasteiger partial charge in [0, 0.05) is 23.3 Å². The molecule has 0 fully saturated rings. The van der Waals surface area contributed by atoms with Crippen LogP contribution < -0.4 is 0 Å². The largest absolute Gasteiger partial charge is 0.292 e. The van der Waals surface area contributed by atoms with Gasteiger partial charge >= 0.3 is 0 Å². The van der Waals surface area contributed by atoms with Crippen LogP contribution in [0.15, 0.2) is 41.3 Å². The highest BCUT2D eigenvalue weighted by Gasteiger charge is 2.11. The van der Waals surface area contributed by atoms with Crippen molar-refractivity contribution in [3.8, 4) is 0 Å². The average Bonchev–Trinajstić information content (AvgIpc) is 2.34. The molecule has 1 aromatic heterocycles. The van der Waals surface area contributed by atoms with E-state index >= 15 is 0 Å². The summed E-state index contributed by atoms with van der Waals surface area (Å²) in [5.41, 5.74) is 1.03. The number of nitrogens with zero attached hydrogens (tertiary/aromatic N) is 2. The summed E-state index contributed by atoms with van der Waals surface area (Å²) in [6, 6.07) is 4.23. The summed E-state index contributed by atoms with van der Waals surface area (Å²) >= 11 is 3.22. The van der Waals surface area contributed by atoms with Crippen LogP contribution in [0.3, 0.4) is 0 Å². The first-order chi connectivity index (χ1) is 8.16. The van der Waals surface area contributed by atoms with Crippen molar-refractivity contribution in [2.24, 2.45) is 0 Å². The molecule has 0 amide bonds. The maximum atomic E-state index is 12.9. The number of hydrogen-bond acceptors (Lipinski definition) is 3. The van der Waals surface area contributed by atoms with Crippen molar-refractivity contribution < 1.29 is 9.18 Å². The van der Waals surface area contributed by atoms with Gasteiger partial charge in [0.05, 0.1) is 6.20 Å². The van der Waals surface area contributed by atoms with E-state index < -0.39 is 0 Å². The molecule has 0 aliphatic carbocycles. The molecule has 0 aliphatic rings. The lowest BCUT2D eigenvalue weighted by molar-refractivity contribution is 0.0987. The quantitative estimate of drug-likeness (QED) is 0.818. The van der Waals surface area contributed by atoms with Gasteiger partial charge in [0.25, 0.3) is 0 Å². The number of Topliss-reactive ketones (excluding diaryl/α,β-unsaturated/α-hetero) is 1. The average molecular weight is 295 g/mol. The maximum Gasteiger partial charge on any atom is 0.187 e. The molecule has 0 saturated carbocycles. The molecule has 1 aromatic carbocycles. The van der Waals surface area contributed by atoms with E-state index in [2.05, 4.69) is 25.9 Å². The van der Waals surface area contributed by atoms with Crippen LogP contribution in [-0.4, -0.2) is 15.8 Å². The Hall–Kier alpha value is -1.62. The fraction of sp³-hybridized carbons (Fsp3) is 0.0833. The Balaban J connectivity index is 2.19. The zero-order valence-corrected chi connectivity index (χ0v) is 10.3. The molecule has 2 aromatic rings. The molecular formula is C12H8BrFN2O. The van der Waals surface area contributed by atoms with Gasteiger partial charge in [-0.05, 0) is 17.7 Å². The lowest BCUT2D eigenvalue weighted by Gasteiger charge is -2.03. The Morgan fingerprint density at radius 2 is 2.18 bits per heavy atom. The third-order valence-corrected chi connectivity index (χ3v) is 2.95. The molecule has 86 valence electrons. The van der Waals surface area contributed by atoms with Crippen LogP contribution >= 0.6 is 15.9 Å². The molecule has 0 atom stereocenters. The first-order valence-electron chi connectivity index (χ1n) is 4.90. The van der Waals surface area contributed by atoms with Gasteiger partial charge in [-0.15, -0.1) is 0 Å². The Morgan fingerprint density at radius 1 is 1.35 bits per heavy atom. The maximum absolute atomic E-state index is 12.9. The third kappa shape index (κ3) is 2.94. The first-order valence-corrected chi connectivity index (χ1v) is 5.69. The van der Waals surface area contributed by atoms with Crippen LogP contribution in [0.25, 0.3) is 0 Å². The molecule has 0 N–H and O–H groups in total. The number of aromatic nitrogens is 2. The van der Waals surface area contributed by atoms with E-state index in [1.807, 2.05) is 0 Å². The Labute approximate surface area is 106 Å². The molecular weight excluding hydrogens is 287 g/mol. The second-order valence-corrected chi connectivity index (χ2v) is 4.28. The van der Waals surface area contributed by atoms with Crippen molar-refractivity contribution >= 4 is 21.7 Å². The highest BCUT2D eigenvalue weighted by Crippen LogP contribution is 2.19. The summed E-state index contributed by atoms with van der Waals surface area (Å²) < 4.78 is 13.4. The van der Waals surface area contributed by atoms with E-state index in [4.69, 9.17) is 0 Å². The summed E-state index contributed by atoms with van der Waals surface area (Å²) in [7, 11) is 0. The predicted octanol–water partition coefficient (Wildman–Crippen LogP) is 2.80. The van der Waals surface area contributed by atoms with E-state index in [0.29, 0.717) is 10.2 Å². The molecule has 0 radical (unpaired) electrons. The number of carbonyl (C=O) groups excluding carboxylic acids is 1. The number of rotatable bonds is 3. The normalized spacial score (nSPS) is 10.2. The molecule has 17 heavy (non-hydrogen) atoms. The van der Waals surface area contributed by atoms with Gasteiger partial charge in [-0.2, -0.15) is 0 Å². The Morgan fingerprint density at radius 3 is 2.82 bits per heavy atom. The third-order valence-electron chi connectivity index (χ3n) is 2.21. The Kier molecular flexibility index (Phi) is 3.58. The fourth-order valence-electron chi connectivity index (χ4n) is 1.37. The van der Waals surface area contributed by atoms with Crippen molar-refractivity contribution in [2.75, 3.05) is 0 Å². The van der Waals surface area contributed by atoms with Crippen LogP contribution in [0.4, 0.5) is 4.39 Å². The molecule has 5 heteroatoms. The zero-order valence-electron chi connectivity index (χ0n) is 8.73. The number of hydrogen-bond donors (Lipinski definition) is 0. The highest BCUT2D eigenvalue weighted by atomic mass is 79.9. The van der Waals surface area contributed by atoms with E-state index in [-0.39, 0.29) is 18.0 Å². The van der Waals surface area contributed by atoms with E-state index in [1.54, 1.807) is 6.07 Å². The standard InChI is InChI=1S/C12H8BrFN2O/c13-10-6-9(14)2-1-8(10)5-12(17)11-7-15-3-4-16-11/h1-4,6-7H,5H2. The van der Waals surface area contributed by atoms with Gasteiger partial charge in [0.15, 0.2) is 5.78 Å². The van der Waals surface area contributed by atoms with Crippen molar-refractivity contribution in [1.29, 1.82) is 0 Å². The number of carbonyl (C=O) groups is 1. The highest BCUT2D eigenvalue weighted by molar-refractivity contribution is 9.10. The van der Waals surface area contributed by atoms with Gasteiger partial charge < -0.3 is 0 Å². The summed E-state index contributed by atoms with van der Waals surface area (Å²) in [4.78, 5) is 19.6. The van der Waals surface area contributed by atoms with Gasteiger partial charge in [-0.25, -0.2) is 9.37 Å². The van der Waals surface area contributed by atoms with E-state index in [1.165, 1.54) is 30.7 Å². The lowest BCUT2D eigenvalue weighted by Crippen LogP contribution is -2.06. The SMILES string of the molecule is O=C(Cc1ccc(F)cc1Br)c1cnccn1. The minimum absolute atomic E-state index is 0.148. The fourth-order valence-corrected chi connectivity index (χ4v) is 1.86. The molecule has 3 nitrogen and oxygen atoms in total.